The van der Waals surface area contributed by atoms with Gasteiger partial charge in [-0.05, 0) is 68.1 Å². The standard InChI is InChI=1S/C15H27N/c1-10(2)11-6-8-12(9-7-11)15(16)13-4-3-5-14(13)15/h10-14H,3-9,16H2,1-2H3. The molecule has 0 amide bonds. The maximum atomic E-state index is 6.69. The highest BCUT2D eigenvalue weighted by Crippen LogP contribution is 2.64. The molecule has 3 rings (SSSR count). The summed E-state index contributed by atoms with van der Waals surface area (Å²) in [5, 5.41) is 0. The molecule has 0 aromatic heterocycles. The summed E-state index contributed by atoms with van der Waals surface area (Å²) in [5.41, 5.74) is 7.00. The summed E-state index contributed by atoms with van der Waals surface area (Å²) < 4.78 is 0. The molecule has 3 saturated carbocycles. The van der Waals surface area contributed by atoms with E-state index in [0.29, 0.717) is 5.54 Å². The molecule has 0 bridgehead atoms. The van der Waals surface area contributed by atoms with Gasteiger partial charge in [0.2, 0.25) is 0 Å². The van der Waals surface area contributed by atoms with Crippen molar-refractivity contribution in [2.24, 2.45) is 35.3 Å². The second kappa shape index (κ2) is 3.73. The smallest absolute Gasteiger partial charge is 0.0246 e. The van der Waals surface area contributed by atoms with Gasteiger partial charge in [-0.3, -0.25) is 0 Å². The first-order valence-electron chi connectivity index (χ1n) is 7.43. The highest BCUT2D eigenvalue weighted by atomic mass is 14.9. The van der Waals surface area contributed by atoms with E-state index in [9.17, 15) is 0 Å². The Kier molecular flexibility index (Phi) is 2.58. The molecular formula is C15H27N. The topological polar surface area (TPSA) is 26.0 Å². The predicted octanol–water partition coefficient (Wildman–Crippen LogP) is 3.58. The molecule has 3 fully saturated rings. The first-order valence-corrected chi connectivity index (χ1v) is 7.43. The molecule has 0 radical (unpaired) electrons. The van der Waals surface area contributed by atoms with Crippen LogP contribution in [0.1, 0.15) is 58.8 Å². The number of fused-ring (bicyclic) bond motifs is 1. The van der Waals surface area contributed by atoms with Crippen LogP contribution in [0.3, 0.4) is 0 Å². The molecule has 0 aromatic rings. The van der Waals surface area contributed by atoms with Crippen LogP contribution in [-0.2, 0) is 0 Å². The zero-order chi connectivity index (χ0) is 11.3. The monoisotopic (exact) mass is 221 g/mol. The van der Waals surface area contributed by atoms with E-state index < -0.39 is 0 Å². The van der Waals surface area contributed by atoms with Crippen molar-refractivity contribution in [3.63, 3.8) is 0 Å². The highest BCUT2D eigenvalue weighted by Gasteiger charge is 2.66. The van der Waals surface area contributed by atoms with Crippen molar-refractivity contribution in [1.29, 1.82) is 0 Å². The van der Waals surface area contributed by atoms with E-state index in [0.717, 1.165) is 29.6 Å². The Morgan fingerprint density at radius 2 is 1.50 bits per heavy atom. The summed E-state index contributed by atoms with van der Waals surface area (Å²) in [6.45, 7) is 4.77. The van der Waals surface area contributed by atoms with E-state index in [1.807, 2.05) is 0 Å². The molecule has 0 aliphatic heterocycles. The molecule has 16 heavy (non-hydrogen) atoms. The fourth-order valence-electron chi connectivity index (χ4n) is 4.94. The minimum absolute atomic E-state index is 0.306. The lowest BCUT2D eigenvalue weighted by Crippen LogP contribution is -2.40. The van der Waals surface area contributed by atoms with Crippen LogP contribution in [0.4, 0.5) is 0 Å². The Bertz CT molecular complexity index is 253. The van der Waals surface area contributed by atoms with Crippen molar-refractivity contribution in [2.45, 2.75) is 64.3 Å². The van der Waals surface area contributed by atoms with Gasteiger partial charge in [-0.1, -0.05) is 20.3 Å². The van der Waals surface area contributed by atoms with E-state index in [2.05, 4.69) is 13.8 Å². The van der Waals surface area contributed by atoms with Gasteiger partial charge < -0.3 is 5.73 Å². The van der Waals surface area contributed by atoms with Crippen molar-refractivity contribution in [1.82, 2.24) is 0 Å². The Morgan fingerprint density at radius 1 is 0.938 bits per heavy atom. The summed E-state index contributed by atoms with van der Waals surface area (Å²) in [5.74, 6) is 4.59. The summed E-state index contributed by atoms with van der Waals surface area (Å²) in [7, 11) is 0. The SMILES string of the molecule is CC(C)C1CCC(C2(N)C3CCCC32)CC1. The van der Waals surface area contributed by atoms with E-state index in [4.69, 9.17) is 5.73 Å². The van der Waals surface area contributed by atoms with Gasteiger partial charge in [0.05, 0.1) is 0 Å². The quantitative estimate of drug-likeness (QED) is 0.758. The summed E-state index contributed by atoms with van der Waals surface area (Å²) in [4.78, 5) is 0. The zero-order valence-electron chi connectivity index (χ0n) is 10.9. The zero-order valence-corrected chi connectivity index (χ0v) is 10.9. The van der Waals surface area contributed by atoms with E-state index in [1.54, 1.807) is 0 Å². The van der Waals surface area contributed by atoms with Crippen molar-refractivity contribution in [3.05, 3.63) is 0 Å². The Hall–Kier alpha value is -0.0400. The number of hydrogen-bond acceptors (Lipinski definition) is 1. The average Bonchev–Trinajstić information content (AvgIpc) is 2.69. The van der Waals surface area contributed by atoms with Gasteiger partial charge >= 0.3 is 0 Å². The number of hydrogen-bond donors (Lipinski definition) is 1. The van der Waals surface area contributed by atoms with Gasteiger partial charge in [0.1, 0.15) is 0 Å². The van der Waals surface area contributed by atoms with Gasteiger partial charge in [0.15, 0.2) is 0 Å². The van der Waals surface area contributed by atoms with Crippen LogP contribution in [0.2, 0.25) is 0 Å². The van der Waals surface area contributed by atoms with Crippen molar-refractivity contribution in [3.8, 4) is 0 Å². The minimum atomic E-state index is 0.306. The average molecular weight is 221 g/mol. The van der Waals surface area contributed by atoms with E-state index >= 15 is 0 Å². The first-order chi connectivity index (χ1) is 7.64. The molecule has 0 saturated heterocycles. The summed E-state index contributed by atoms with van der Waals surface area (Å²) in [6, 6.07) is 0. The summed E-state index contributed by atoms with van der Waals surface area (Å²) in [6.07, 6.45) is 10.1. The lowest BCUT2D eigenvalue weighted by molar-refractivity contribution is 0.179. The molecule has 1 heteroatoms. The maximum absolute atomic E-state index is 6.69. The predicted molar refractivity (Wildman–Crippen MR) is 68.0 cm³/mol. The maximum Gasteiger partial charge on any atom is 0.0246 e. The van der Waals surface area contributed by atoms with Gasteiger partial charge in [0.25, 0.3) is 0 Å². The second-order valence-corrected chi connectivity index (χ2v) is 7.00. The van der Waals surface area contributed by atoms with Gasteiger partial charge in [-0.25, -0.2) is 0 Å². The van der Waals surface area contributed by atoms with Gasteiger partial charge in [0, 0.05) is 5.54 Å². The third kappa shape index (κ3) is 1.47. The molecule has 0 aromatic carbocycles. The fourth-order valence-corrected chi connectivity index (χ4v) is 4.94. The van der Waals surface area contributed by atoms with Crippen LogP contribution in [0.15, 0.2) is 0 Å². The molecule has 1 nitrogen and oxygen atoms in total. The number of rotatable bonds is 2. The van der Waals surface area contributed by atoms with Crippen molar-refractivity contribution < 1.29 is 0 Å². The van der Waals surface area contributed by atoms with Crippen LogP contribution in [0.5, 0.6) is 0 Å². The summed E-state index contributed by atoms with van der Waals surface area (Å²) >= 11 is 0. The molecule has 0 spiro atoms. The first kappa shape index (κ1) is 11.1. The molecule has 3 aliphatic carbocycles. The highest BCUT2D eigenvalue weighted by molar-refractivity contribution is 5.21. The lowest BCUT2D eigenvalue weighted by atomic mass is 9.72. The molecule has 2 unspecified atom stereocenters. The lowest BCUT2D eigenvalue weighted by Gasteiger charge is -2.36. The third-order valence-corrected chi connectivity index (χ3v) is 6.11. The largest absolute Gasteiger partial charge is 0.324 e. The van der Waals surface area contributed by atoms with Crippen LogP contribution in [0, 0.1) is 29.6 Å². The van der Waals surface area contributed by atoms with Crippen LogP contribution >= 0.6 is 0 Å². The van der Waals surface area contributed by atoms with E-state index in [1.165, 1.54) is 44.9 Å². The minimum Gasteiger partial charge on any atom is -0.324 e. The fraction of sp³-hybridized carbons (Fsp3) is 1.00. The number of nitrogens with two attached hydrogens (primary N) is 1. The van der Waals surface area contributed by atoms with E-state index in [-0.39, 0.29) is 0 Å². The normalized spacial score (nSPS) is 51.8. The molecule has 92 valence electrons. The van der Waals surface area contributed by atoms with Crippen LogP contribution < -0.4 is 5.73 Å². The van der Waals surface area contributed by atoms with Gasteiger partial charge in [-0.15, -0.1) is 0 Å². The molecule has 0 heterocycles. The molecule has 3 aliphatic rings. The molecule has 2 atom stereocenters. The van der Waals surface area contributed by atoms with Crippen LogP contribution in [-0.4, -0.2) is 5.54 Å². The van der Waals surface area contributed by atoms with Gasteiger partial charge in [-0.2, -0.15) is 0 Å². The molecular weight excluding hydrogens is 194 g/mol. The van der Waals surface area contributed by atoms with Crippen molar-refractivity contribution >= 4 is 0 Å². The third-order valence-electron chi connectivity index (χ3n) is 6.11. The Morgan fingerprint density at radius 3 is 2.00 bits per heavy atom. The Labute approximate surface area is 100 Å². The van der Waals surface area contributed by atoms with Crippen LogP contribution in [0.25, 0.3) is 0 Å². The second-order valence-electron chi connectivity index (χ2n) is 7.00. The van der Waals surface area contributed by atoms with Crippen molar-refractivity contribution in [2.75, 3.05) is 0 Å². The molecule has 2 N–H and O–H groups in total. The Balaban J connectivity index is 1.59.